The van der Waals surface area contributed by atoms with Crippen molar-refractivity contribution >= 4 is 16.8 Å². The molecular formula is C16H15N3O2. The van der Waals surface area contributed by atoms with E-state index in [-0.39, 0.29) is 5.92 Å². The van der Waals surface area contributed by atoms with E-state index in [9.17, 15) is 0 Å². The second kappa shape index (κ2) is 5.33. The minimum Gasteiger partial charge on any atom is -0.449 e. The maximum absolute atomic E-state index is 8.72. The smallest absolute Gasteiger partial charge is 0.203 e. The largest absolute Gasteiger partial charge is 0.449 e. The minimum absolute atomic E-state index is 0.265. The molecule has 2 aromatic heterocycles. The molecule has 1 N–H and O–H groups in total. The van der Waals surface area contributed by atoms with E-state index in [2.05, 4.69) is 10.3 Å². The number of aromatic nitrogens is 1. The van der Waals surface area contributed by atoms with Crippen molar-refractivity contribution in [2.24, 2.45) is 0 Å². The summed E-state index contributed by atoms with van der Waals surface area (Å²) >= 11 is 0. The van der Waals surface area contributed by atoms with Gasteiger partial charge in [0.15, 0.2) is 11.5 Å². The molecule has 0 spiro atoms. The van der Waals surface area contributed by atoms with Crippen molar-refractivity contribution in [3.05, 3.63) is 47.7 Å². The molecule has 0 atom stereocenters. The van der Waals surface area contributed by atoms with Crippen LogP contribution in [0, 0.1) is 11.3 Å². The third-order valence-corrected chi connectivity index (χ3v) is 3.14. The molecule has 3 aromatic rings. The van der Waals surface area contributed by atoms with Crippen LogP contribution in [-0.2, 0) is 6.54 Å². The lowest BCUT2D eigenvalue weighted by molar-refractivity contribution is 0.501. The summed E-state index contributed by atoms with van der Waals surface area (Å²) in [5.74, 6) is 2.04. The van der Waals surface area contributed by atoms with Crippen LogP contribution in [-0.4, -0.2) is 4.98 Å². The summed E-state index contributed by atoms with van der Waals surface area (Å²) in [6.45, 7) is 4.61. The molecule has 2 heterocycles. The van der Waals surface area contributed by atoms with E-state index in [0.29, 0.717) is 12.3 Å². The van der Waals surface area contributed by atoms with Crippen molar-refractivity contribution < 1.29 is 8.83 Å². The number of hydrogen-bond donors (Lipinski definition) is 1. The molecule has 1 aromatic carbocycles. The zero-order valence-electron chi connectivity index (χ0n) is 11.9. The van der Waals surface area contributed by atoms with E-state index < -0.39 is 0 Å². The molecule has 0 fully saturated rings. The maximum atomic E-state index is 8.72. The molecule has 0 aliphatic carbocycles. The summed E-state index contributed by atoms with van der Waals surface area (Å²) in [7, 11) is 0. The van der Waals surface area contributed by atoms with Crippen molar-refractivity contribution in [2.75, 3.05) is 5.32 Å². The van der Waals surface area contributed by atoms with Crippen LogP contribution in [0.25, 0.3) is 11.1 Å². The monoisotopic (exact) mass is 281 g/mol. The summed E-state index contributed by atoms with van der Waals surface area (Å²) in [5.41, 5.74) is 2.55. The first kappa shape index (κ1) is 13.3. The van der Waals surface area contributed by atoms with Gasteiger partial charge in [-0.05, 0) is 30.3 Å². The van der Waals surface area contributed by atoms with Gasteiger partial charge in [0.1, 0.15) is 17.3 Å². The Hall–Kier alpha value is -2.74. The number of furan rings is 1. The molecule has 0 bridgehead atoms. The van der Waals surface area contributed by atoms with Crippen molar-refractivity contribution in [2.45, 2.75) is 26.3 Å². The fraction of sp³-hybridized carbons (Fsp3) is 0.250. The maximum Gasteiger partial charge on any atom is 0.203 e. The summed E-state index contributed by atoms with van der Waals surface area (Å²) in [6.07, 6.45) is 0. The van der Waals surface area contributed by atoms with Gasteiger partial charge in [-0.3, -0.25) is 0 Å². The molecule has 5 heteroatoms. The van der Waals surface area contributed by atoms with Gasteiger partial charge in [0.25, 0.3) is 0 Å². The first-order valence-electron chi connectivity index (χ1n) is 6.79. The van der Waals surface area contributed by atoms with Gasteiger partial charge < -0.3 is 14.2 Å². The molecule has 5 nitrogen and oxygen atoms in total. The molecule has 0 amide bonds. The van der Waals surface area contributed by atoms with Crippen LogP contribution in [0.3, 0.4) is 0 Å². The van der Waals surface area contributed by atoms with Gasteiger partial charge >= 0.3 is 0 Å². The quantitative estimate of drug-likeness (QED) is 0.781. The van der Waals surface area contributed by atoms with Crippen LogP contribution < -0.4 is 5.32 Å². The summed E-state index contributed by atoms with van der Waals surface area (Å²) in [4.78, 5) is 4.47. The predicted octanol–water partition coefficient (Wildman–Crippen LogP) is 4.03. The number of hydrogen-bond acceptors (Lipinski definition) is 5. The lowest BCUT2D eigenvalue weighted by Gasteiger charge is -2.03. The summed E-state index contributed by atoms with van der Waals surface area (Å²) in [5, 5.41) is 12.0. The van der Waals surface area contributed by atoms with Crippen LogP contribution in [0.4, 0.5) is 5.69 Å². The van der Waals surface area contributed by atoms with Crippen LogP contribution in [0.5, 0.6) is 0 Å². The average molecular weight is 281 g/mol. The fourth-order valence-electron chi connectivity index (χ4n) is 2.02. The third-order valence-electron chi connectivity index (χ3n) is 3.14. The Balaban J connectivity index is 1.76. The van der Waals surface area contributed by atoms with Gasteiger partial charge in [-0.15, -0.1) is 0 Å². The lowest BCUT2D eigenvalue weighted by atomic mass is 10.2. The molecule has 0 unspecified atom stereocenters. The van der Waals surface area contributed by atoms with Gasteiger partial charge in [0.2, 0.25) is 5.76 Å². The number of nitrogens with zero attached hydrogens (tertiary/aromatic N) is 2. The lowest BCUT2D eigenvalue weighted by Crippen LogP contribution is -1.97. The second-order valence-corrected chi connectivity index (χ2v) is 5.12. The summed E-state index contributed by atoms with van der Waals surface area (Å²) in [6, 6.07) is 11.2. The molecule has 21 heavy (non-hydrogen) atoms. The molecule has 0 radical (unpaired) electrons. The Bertz CT molecular complexity index is 808. The Morgan fingerprint density at radius 3 is 2.81 bits per heavy atom. The van der Waals surface area contributed by atoms with Crippen molar-refractivity contribution in [3.63, 3.8) is 0 Å². The Labute approximate surface area is 122 Å². The topological polar surface area (TPSA) is 75.0 Å². The van der Waals surface area contributed by atoms with Crippen molar-refractivity contribution in [1.29, 1.82) is 5.26 Å². The standard InChI is InChI=1S/C16H15N3O2/c1-10(2)16-19-14-7-11(3-6-15(14)21-16)18-9-13-5-4-12(8-17)20-13/h3-7,10,18H,9H2,1-2H3. The Kier molecular flexibility index (Phi) is 3.36. The first-order chi connectivity index (χ1) is 10.2. The number of nitriles is 1. The number of benzene rings is 1. The van der Waals surface area contributed by atoms with Crippen molar-refractivity contribution in [3.8, 4) is 6.07 Å². The number of anilines is 1. The van der Waals surface area contributed by atoms with E-state index in [1.54, 1.807) is 12.1 Å². The van der Waals surface area contributed by atoms with E-state index >= 15 is 0 Å². The second-order valence-electron chi connectivity index (χ2n) is 5.12. The Morgan fingerprint density at radius 2 is 2.10 bits per heavy atom. The first-order valence-corrected chi connectivity index (χ1v) is 6.79. The molecule has 0 saturated heterocycles. The van der Waals surface area contributed by atoms with Crippen LogP contribution in [0.15, 0.2) is 39.2 Å². The molecule has 0 aliphatic rings. The zero-order chi connectivity index (χ0) is 14.8. The summed E-state index contributed by atoms with van der Waals surface area (Å²) < 4.78 is 11.0. The fourth-order valence-corrected chi connectivity index (χ4v) is 2.02. The molecule has 3 rings (SSSR count). The predicted molar refractivity (Wildman–Crippen MR) is 78.8 cm³/mol. The number of fused-ring (bicyclic) bond motifs is 1. The molecule has 106 valence electrons. The minimum atomic E-state index is 0.265. The van der Waals surface area contributed by atoms with E-state index in [0.717, 1.165) is 28.4 Å². The van der Waals surface area contributed by atoms with E-state index in [1.165, 1.54) is 0 Å². The van der Waals surface area contributed by atoms with Gasteiger partial charge in [-0.2, -0.15) is 5.26 Å². The van der Waals surface area contributed by atoms with Crippen LogP contribution >= 0.6 is 0 Å². The van der Waals surface area contributed by atoms with E-state index in [1.807, 2.05) is 38.1 Å². The highest BCUT2D eigenvalue weighted by Gasteiger charge is 2.09. The van der Waals surface area contributed by atoms with Gasteiger partial charge in [-0.25, -0.2) is 4.98 Å². The number of rotatable bonds is 4. The van der Waals surface area contributed by atoms with Gasteiger partial charge in [-0.1, -0.05) is 13.8 Å². The highest BCUT2D eigenvalue weighted by atomic mass is 16.3. The van der Waals surface area contributed by atoms with Crippen molar-refractivity contribution in [1.82, 2.24) is 4.98 Å². The zero-order valence-corrected chi connectivity index (χ0v) is 11.9. The molecule has 0 saturated carbocycles. The van der Waals surface area contributed by atoms with Crippen LogP contribution in [0.1, 0.15) is 37.2 Å². The highest BCUT2D eigenvalue weighted by Crippen LogP contribution is 2.24. The van der Waals surface area contributed by atoms with Gasteiger partial charge in [0, 0.05) is 11.6 Å². The molecule has 0 aliphatic heterocycles. The highest BCUT2D eigenvalue weighted by molar-refractivity contribution is 5.77. The van der Waals surface area contributed by atoms with Crippen LogP contribution in [0.2, 0.25) is 0 Å². The van der Waals surface area contributed by atoms with E-state index in [4.69, 9.17) is 14.1 Å². The Morgan fingerprint density at radius 1 is 1.24 bits per heavy atom. The average Bonchev–Trinajstić information content (AvgIpc) is 3.11. The third kappa shape index (κ3) is 2.75. The number of nitrogens with one attached hydrogen (secondary N) is 1. The SMILES string of the molecule is CC(C)c1nc2cc(NCc3ccc(C#N)o3)ccc2o1. The number of oxazole rings is 1. The molecular weight excluding hydrogens is 266 g/mol. The normalized spacial score (nSPS) is 11.0. The van der Waals surface area contributed by atoms with Gasteiger partial charge in [0.05, 0.1) is 6.54 Å².